The highest BCUT2D eigenvalue weighted by molar-refractivity contribution is 7.92. The highest BCUT2D eigenvalue weighted by Gasteiger charge is 2.34. The monoisotopic (exact) mass is 453 g/mol. The summed E-state index contributed by atoms with van der Waals surface area (Å²) in [6, 6.07) is 4.06. The second kappa shape index (κ2) is 7.45. The second-order valence-corrected chi connectivity index (χ2v) is 9.50. The van der Waals surface area contributed by atoms with Crippen LogP contribution in [0, 0.1) is 16.1 Å². The summed E-state index contributed by atoms with van der Waals surface area (Å²) >= 11 is 0. The molecule has 0 spiro atoms. The topological polar surface area (TPSA) is 130 Å². The van der Waals surface area contributed by atoms with Crippen LogP contribution >= 0.6 is 0 Å². The Morgan fingerprint density at radius 2 is 1.97 bits per heavy atom. The Morgan fingerprint density at radius 3 is 2.55 bits per heavy atom. The maximum Gasteiger partial charge on any atom is 0.435 e. The lowest BCUT2D eigenvalue weighted by atomic mass is 10.2. The molecule has 3 aromatic heterocycles. The lowest BCUT2D eigenvalue weighted by Gasteiger charge is -2.19. The largest absolute Gasteiger partial charge is 0.471 e. The first-order chi connectivity index (χ1) is 14.3. The predicted octanol–water partition coefficient (Wildman–Crippen LogP) is 3.55. The molecular weight excluding hydrogens is 435 g/mol. The van der Waals surface area contributed by atoms with E-state index in [1.165, 1.54) is 37.7 Å². The Balaban J connectivity index is 2.23. The van der Waals surface area contributed by atoms with Crippen LogP contribution in [0.4, 0.5) is 13.2 Å². The van der Waals surface area contributed by atoms with Crippen LogP contribution in [0.15, 0.2) is 23.2 Å². The van der Waals surface area contributed by atoms with Gasteiger partial charge in [0.25, 0.3) is 0 Å². The van der Waals surface area contributed by atoms with Gasteiger partial charge in [-0.3, -0.25) is 0 Å². The Labute approximate surface area is 175 Å². The van der Waals surface area contributed by atoms with Gasteiger partial charge in [0.1, 0.15) is 23.0 Å². The van der Waals surface area contributed by atoms with Gasteiger partial charge in [-0.15, -0.1) is 10.2 Å². The van der Waals surface area contributed by atoms with Crippen molar-refractivity contribution in [1.29, 1.82) is 10.0 Å². The Morgan fingerprint density at radius 1 is 1.29 bits per heavy atom. The van der Waals surface area contributed by atoms with Gasteiger partial charge in [-0.25, -0.2) is 19.0 Å². The van der Waals surface area contributed by atoms with Crippen molar-refractivity contribution in [2.75, 3.05) is 5.75 Å². The summed E-state index contributed by atoms with van der Waals surface area (Å²) in [6.45, 7) is 4.61. The van der Waals surface area contributed by atoms with Gasteiger partial charge in [-0.2, -0.15) is 18.4 Å². The smallest absolute Gasteiger partial charge is 0.435 e. The van der Waals surface area contributed by atoms with Gasteiger partial charge in [0.2, 0.25) is 0 Å². The van der Waals surface area contributed by atoms with E-state index in [1.54, 1.807) is 6.92 Å². The zero-order chi connectivity index (χ0) is 23.2. The second-order valence-electron chi connectivity index (χ2n) is 7.14. The molecule has 1 N–H and O–H groups in total. The summed E-state index contributed by atoms with van der Waals surface area (Å²) in [5.74, 6) is 0.143. The number of nitrogens with one attached hydrogen (secondary N) is 1. The van der Waals surface area contributed by atoms with Crippen molar-refractivity contribution in [2.24, 2.45) is 7.05 Å². The van der Waals surface area contributed by atoms with Gasteiger partial charge in [-0.05, 0) is 13.8 Å². The Kier molecular flexibility index (Phi) is 5.39. The molecular formula is C18H18F3N7O2S. The zero-order valence-corrected chi connectivity index (χ0v) is 17.8. The van der Waals surface area contributed by atoms with Gasteiger partial charge in [0, 0.05) is 24.9 Å². The van der Waals surface area contributed by atoms with Gasteiger partial charge in [0.05, 0.1) is 20.8 Å². The molecule has 0 amide bonds. The standard InChI is InChI=1S/C18H18F3N7O2S/c1-5-31(23,29)12-6-10(30-17(2,3)9-22)8-24-14(12)16-25-11-7-13(18(19,20)21)26-27-15(11)28(16)4/h6-8,23H,5H2,1-4H3/t31-/m0/s1. The van der Waals surface area contributed by atoms with E-state index in [-0.39, 0.29) is 39.1 Å². The maximum atomic E-state index is 13.0. The molecule has 0 aromatic carbocycles. The number of aryl methyl sites for hydroxylation is 1. The summed E-state index contributed by atoms with van der Waals surface area (Å²) in [4.78, 5) is 8.39. The fourth-order valence-electron chi connectivity index (χ4n) is 2.71. The van der Waals surface area contributed by atoms with Crippen LogP contribution in [0.1, 0.15) is 26.5 Å². The number of hydrogen-bond donors (Lipinski definition) is 1. The molecule has 0 saturated carbocycles. The van der Waals surface area contributed by atoms with Crippen LogP contribution < -0.4 is 4.74 Å². The first-order valence-electron chi connectivity index (χ1n) is 8.93. The summed E-state index contributed by atoms with van der Waals surface area (Å²) in [5, 5.41) is 16.0. The summed E-state index contributed by atoms with van der Waals surface area (Å²) in [7, 11) is -1.84. The molecule has 164 valence electrons. The number of fused-ring (bicyclic) bond motifs is 1. The van der Waals surface area contributed by atoms with Crippen molar-refractivity contribution in [3.8, 4) is 23.3 Å². The van der Waals surface area contributed by atoms with Crippen LogP contribution in [-0.4, -0.2) is 40.3 Å². The highest BCUT2D eigenvalue weighted by Crippen LogP contribution is 2.33. The number of imidazole rings is 1. The molecule has 3 rings (SSSR count). The third kappa shape index (κ3) is 4.29. The molecule has 0 aliphatic carbocycles. The maximum absolute atomic E-state index is 13.0. The summed E-state index contributed by atoms with van der Waals surface area (Å²) < 4.78 is 67.0. The Hall–Kier alpha value is -3.27. The average Bonchev–Trinajstić information content (AvgIpc) is 3.03. The molecule has 0 bridgehead atoms. The number of nitrogens with zero attached hydrogens (tertiary/aromatic N) is 6. The van der Waals surface area contributed by atoms with Crippen molar-refractivity contribution in [2.45, 2.75) is 37.4 Å². The first kappa shape index (κ1) is 22.4. The molecule has 3 aromatic rings. The quantitative estimate of drug-likeness (QED) is 0.625. The van der Waals surface area contributed by atoms with Crippen LogP contribution in [0.25, 0.3) is 22.7 Å². The molecule has 0 aliphatic rings. The van der Waals surface area contributed by atoms with Crippen molar-refractivity contribution in [3.63, 3.8) is 0 Å². The van der Waals surface area contributed by atoms with E-state index >= 15 is 0 Å². The molecule has 0 fully saturated rings. The molecule has 1 atom stereocenters. The molecule has 3 heterocycles. The molecule has 31 heavy (non-hydrogen) atoms. The fraction of sp³-hybridized carbons (Fsp3) is 0.389. The lowest BCUT2D eigenvalue weighted by molar-refractivity contribution is -0.141. The number of rotatable bonds is 5. The van der Waals surface area contributed by atoms with Crippen LogP contribution in [-0.2, 0) is 23.0 Å². The SMILES string of the molecule is CC[S@](=N)(=O)c1cc(OC(C)(C)C#N)cnc1-c1nc2cc(C(F)(F)F)nnc2n1C. The number of nitriles is 1. The third-order valence-corrected chi connectivity index (χ3v) is 6.19. The normalized spacial score (nSPS) is 14.3. The third-order valence-electron chi connectivity index (χ3n) is 4.35. The lowest BCUT2D eigenvalue weighted by Crippen LogP contribution is -2.25. The number of ether oxygens (including phenoxy) is 1. The van der Waals surface area contributed by atoms with Gasteiger partial charge in [0.15, 0.2) is 22.8 Å². The number of aromatic nitrogens is 5. The van der Waals surface area contributed by atoms with Crippen molar-refractivity contribution >= 4 is 20.9 Å². The van der Waals surface area contributed by atoms with Crippen molar-refractivity contribution in [3.05, 3.63) is 24.0 Å². The van der Waals surface area contributed by atoms with Crippen LogP contribution in [0.2, 0.25) is 0 Å². The van der Waals surface area contributed by atoms with Gasteiger partial charge >= 0.3 is 6.18 Å². The summed E-state index contributed by atoms with van der Waals surface area (Å²) in [5.41, 5.74) is -2.37. The van der Waals surface area contributed by atoms with Gasteiger partial charge < -0.3 is 9.30 Å². The van der Waals surface area contributed by atoms with E-state index in [9.17, 15) is 17.4 Å². The van der Waals surface area contributed by atoms with Crippen molar-refractivity contribution in [1.82, 2.24) is 24.7 Å². The predicted molar refractivity (Wildman–Crippen MR) is 105 cm³/mol. The molecule has 0 aliphatic heterocycles. The van der Waals surface area contributed by atoms with Crippen LogP contribution in [0.3, 0.4) is 0 Å². The number of halogens is 3. The van der Waals surface area contributed by atoms with Crippen LogP contribution in [0.5, 0.6) is 5.75 Å². The average molecular weight is 453 g/mol. The molecule has 0 saturated heterocycles. The van der Waals surface area contributed by atoms with E-state index in [1.807, 2.05) is 6.07 Å². The molecule has 9 nitrogen and oxygen atoms in total. The number of pyridine rings is 1. The number of alkyl halides is 3. The van der Waals surface area contributed by atoms with E-state index in [2.05, 4.69) is 20.2 Å². The Bertz CT molecular complexity index is 1310. The number of hydrogen-bond acceptors (Lipinski definition) is 8. The zero-order valence-electron chi connectivity index (χ0n) is 17.0. The summed E-state index contributed by atoms with van der Waals surface area (Å²) in [6.07, 6.45) is -3.41. The molecule has 0 unspecified atom stereocenters. The fourth-order valence-corrected chi connectivity index (χ4v) is 3.78. The minimum Gasteiger partial charge on any atom is -0.471 e. The van der Waals surface area contributed by atoms with Crippen molar-refractivity contribution < 1.29 is 22.1 Å². The van der Waals surface area contributed by atoms with E-state index in [0.29, 0.717) is 0 Å². The van der Waals surface area contributed by atoms with Gasteiger partial charge in [-0.1, -0.05) is 6.92 Å². The minimum absolute atomic E-state index is 0.0105. The molecule has 0 radical (unpaired) electrons. The minimum atomic E-state index is -4.69. The van der Waals surface area contributed by atoms with E-state index in [0.717, 1.165) is 6.07 Å². The highest BCUT2D eigenvalue weighted by atomic mass is 32.2. The van der Waals surface area contributed by atoms with E-state index < -0.39 is 27.2 Å². The first-order valence-corrected chi connectivity index (χ1v) is 10.7. The van der Waals surface area contributed by atoms with E-state index in [4.69, 9.17) is 14.8 Å². The molecule has 13 heteroatoms.